The minimum atomic E-state index is -0.922. The molecule has 0 unspecified atom stereocenters. The molecule has 0 saturated carbocycles. The van der Waals surface area contributed by atoms with Gasteiger partial charge in [-0.25, -0.2) is 4.79 Å². The summed E-state index contributed by atoms with van der Waals surface area (Å²) >= 11 is 5.96. The van der Waals surface area contributed by atoms with E-state index in [2.05, 4.69) is 17.4 Å². The van der Waals surface area contributed by atoms with Crippen molar-refractivity contribution in [3.63, 3.8) is 0 Å². The van der Waals surface area contributed by atoms with E-state index in [1.54, 1.807) is 30.3 Å². The van der Waals surface area contributed by atoms with E-state index >= 15 is 0 Å². The molecule has 0 saturated heterocycles. The number of aliphatic hydroxyl groups excluding tert-OH is 1. The van der Waals surface area contributed by atoms with Crippen LogP contribution in [0.15, 0.2) is 72.8 Å². The lowest BCUT2D eigenvalue weighted by molar-refractivity contribution is 0.0697. The van der Waals surface area contributed by atoms with Crippen LogP contribution in [0.3, 0.4) is 0 Å². The molecule has 3 aromatic carbocycles. The van der Waals surface area contributed by atoms with Crippen molar-refractivity contribution in [2.24, 2.45) is 0 Å². The summed E-state index contributed by atoms with van der Waals surface area (Å²) in [5.74, 6) is -0.922. The number of nitrogens with one attached hydrogen (secondary N) is 1. The first-order chi connectivity index (χ1) is 14.0. The van der Waals surface area contributed by atoms with Gasteiger partial charge in [-0.15, -0.1) is 12.4 Å². The summed E-state index contributed by atoms with van der Waals surface area (Å²) in [5.41, 5.74) is 4.20. The molecule has 3 rings (SSSR count). The fraction of sp³-hybridized carbons (Fsp3) is 0.208. The molecule has 0 heterocycles. The van der Waals surface area contributed by atoms with Crippen LogP contribution in [0.5, 0.6) is 0 Å². The number of benzene rings is 3. The zero-order valence-electron chi connectivity index (χ0n) is 16.4. The number of carboxylic acid groups (broad SMARTS) is 1. The Balaban J connectivity index is 0.00000320. The van der Waals surface area contributed by atoms with Crippen LogP contribution in [0.4, 0.5) is 0 Å². The largest absolute Gasteiger partial charge is 0.478 e. The van der Waals surface area contributed by atoms with Gasteiger partial charge < -0.3 is 15.5 Å². The van der Waals surface area contributed by atoms with Gasteiger partial charge in [0, 0.05) is 11.6 Å². The Morgan fingerprint density at radius 3 is 2.40 bits per heavy atom. The van der Waals surface area contributed by atoms with Crippen LogP contribution >= 0.6 is 24.0 Å². The molecule has 0 aliphatic heterocycles. The van der Waals surface area contributed by atoms with Crippen LogP contribution < -0.4 is 5.32 Å². The van der Waals surface area contributed by atoms with Gasteiger partial charge in [-0.05, 0) is 65.9 Å². The van der Waals surface area contributed by atoms with Gasteiger partial charge in [0.2, 0.25) is 0 Å². The van der Waals surface area contributed by atoms with Crippen LogP contribution in [-0.4, -0.2) is 29.3 Å². The monoisotopic (exact) mass is 445 g/mol. The maximum Gasteiger partial charge on any atom is 0.335 e. The molecule has 6 heteroatoms. The van der Waals surface area contributed by atoms with Gasteiger partial charge in [-0.1, -0.05) is 60.1 Å². The summed E-state index contributed by atoms with van der Waals surface area (Å²) in [7, 11) is 0. The van der Waals surface area contributed by atoms with E-state index in [0.717, 1.165) is 36.1 Å². The molecule has 0 fully saturated rings. The molecule has 3 aromatic rings. The van der Waals surface area contributed by atoms with Crippen molar-refractivity contribution in [1.29, 1.82) is 0 Å². The highest BCUT2D eigenvalue weighted by Crippen LogP contribution is 2.22. The van der Waals surface area contributed by atoms with E-state index in [9.17, 15) is 15.0 Å². The fourth-order valence-electron chi connectivity index (χ4n) is 3.23. The topological polar surface area (TPSA) is 69.6 Å². The molecule has 3 N–H and O–H groups in total. The highest BCUT2D eigenvalue weighted by Gasteiger charge is 2.08. The van der Waals surface area contributed by atoms with E-state index in [1.165, 1.54) is 5.56 Å². The third-order valence-corrected chi connectivity index (χ3v) is 5.00. The van der Waals surface area contributed by atoms with Crippen LogP contribution in [0, 0.1) is 0 Å². The Hall–Kier alpha value is -2.37. The Morgan fingerprint density at radius 1 is 0.967 bits per heavy atom. The fourth-order valence-corrected chi connectivity index (χ4v) is 3.42. The van der Waals surface area contributed by atoms with Crippen molar-refractivity contribution in [3.05, 3.63) is 94.5 Å². The van der Waals surface area contributed by atoms with Gasteiger partial charge in [0.05, 0.1) is 11.7 Å². The minimum Gasteiger partial charge on any atom is -0.478 e. The smallest absolute Gasteiger partial charge is 0.335 e. The Morgan fingerprint density at radius 2 is 1.67 bits per heavy atom. The maximum absolute atomic E-state index is 11.2. The summed E-state index contributed by atoms with van der Waals surface area (Å²) in [4.78, 5) is 11.2. The van der Waals surface area contributed by atoms with Crippen molar-refractivity contribution in [2.45, 2.75) is 18.9 Å². The van der Waals surface area contributed by atoms with Crippen LogP contribution in [0.1, 0.15) is 34.0 Å². The van der Waals surface area contributed by atoms with Crippen molar-refractivity contribution in [3.8, 4) is 11.1 Å². The Kier molecular flexibility index (Phi) is 9.34. The number of rotatable bonds is 9. The van der Waals surface area contributed by atoms with E-state index in [4.69, 9.17) is 11.6 Å². The third-order valence-electron chi connectivity index (χ3n) is 4.76. The molecule has 0 bridgehead atoms. The molecule has 4 nitrogen and oxygen atoms in total. The Bertz CT molecular complexity index is 978. The second-order valence-corrected chi connectivity index (χ2v) is 7.40. The van der Waals surface area contributed by atoms with Crippen LogP contribution in [0.25, 0.3) is 11.1 Å². The third kappa shape index (κ3) is 6.85. The lowest BCUT2D eigenvalue weighted by Gasteiger charge is -2.12. The first kappa shape index (κ1) is 23.9. The van der Waals surface area contributed by atoms with E-state index in [0.29, 0.717) is 11.6 Å². The number of carbonyl (C=O) groups is 1. The number of aryl methyl sites for hydroxylation is 1. The molecule has 0 aromatic heterocycles. The van der Waals surface area contributed by atoms with Gasteiger partial charge >= 0.3 is 5.97 Å². The average molecular weight is 446 g/mol. The molecule has 1 atom stereocenters. The quantitative estimate of drug-likeness (QED) is 0.386. The number of carboxylic acids is 1. The number of hydrogen-bond donors (Lipinski definition) is 3. The summed E-state index contributed by atoms with van der Waals surface area (Å²) in [6.07, 6.45) is 1.24. The first-order valence-electron chi connectivity index (χ1n) is 9.60. The number of aliphatic hydroxyl groups is 1. The van der Waals surface area contributed by atoms with Crippen molar-refractivity contribution < 1.29 is 15.0 Å². The lowest BCUT2D eigenvalue weighted by Crippen LogP contribution is -2.22. The van der Waals surface area contributed by atoms with Crippen LogP contribution in [0.2, 0.25) is 5.02 Å². The normalized spacial score (nSPS) is 11.5. The lowest BCUT2D eigenvalue weighted by atomic mass is 9.99. The van der Waals surface area contributed by atoms with Crippen molar-refractivity contribution >= 4 is 30.0 Å². The zero-order valence-corrected chi connectivity index (χ0v) is 18.0. The second kappa shape index (κ2) is 11.7. The van der Waals surface area contributed by atoms with Gasteiger partial charge in [0.1, 0.15) is 0 Å². The predicted octanol–water partition coefficient (Wildman–Crippen LogP) is 5.38. The number of aromatic carboxylic acids is 1. The van der Waals surface area contributed by atoms with E-state index in [-0.39, 0.29) is 18.0 Å². The minimum absolute atomic E-state index is 0. The maximum atomic E-state index is 11.2. The summed E-state index contributed by atoms with van der Waals surface area (Å²) in [5, 5.41) is 23.3. The second-order valence-electron chi connectivity index (χ2n) is 6.96. The average Bonchev–Trinajstić information content (AvgIpc) is 2.73. The van der Waals surface area contributed by atoms with Crippen LogP contribution in [-0.2, 0) is 6.42 Å². The van der Waals surface area contributed by atoms with Gasteiger partial charge in [-0.3, -0.25) is 0 Å². The SMILES string of the molecule is Cl.O=C(O)c1cccc(-c2cccc(CCCNC[C@H](O)c3cccc(Cl)c3)c2)c1. The summed E-state index contributed by atoms with van der Waals surface area (Å²) in [6.45, 7) is 1.26. The molecule has 158 valence electrons. The molecule has 0 spiro atoms. The highest BCUT2D eigenvalue weighted by atomic mass is 35.5. The van der Waals surface area contributed by atoms with E-state index < -0.39 is 12.1 Å². The zero-order chi connectivity index (χ0) is 20.6. The van der Waals surface area contributed by atoms with Crippen molar-refractivity contribution in [2.75, 3.05) is 13.1 Å². The van der Waals surface area contributed by atoms with Gasteiger partial charge in [0.15, 0.2) is 0 Å². The number of hydrogen-bond acceptors (Lipinski definition) is 3. The summed E-state index contributed by atoms with van der Waals surface area (Å²) < 4.78 is 0. The molecule has 0 aliphatic carbocycles. The molecule has 0 amide bonds. The van der Waals surface area contributed by atoms with E-state index in [1.807, 2.05) is 30.3 Å². The standard InChI is InChI=1S/C24H24ClNO3.ClH/c25-22-11-3-9-20(15-22)23(27)16-26-12-4-6-17-5-1-7-18(13-17)19-8-2-10-21(14-19)24(28)29;/h1-3,5,7-11,13-15,23,26-27H,4,6,12,16H2,(H,28,29);1H/t23-;/m0./s1. The van der Waals surface area contributed by atoms with Gasteiger partial charge in [-0.2, -0.15) is 0 Å². The molecular weight excluding hydrogens is 421 g/mol. The first-order valence-corrected chi connectivity index (χ1v) is 9.97. The Labute approximate surface area is 187 Å². The molecule has 30 heavy (non-hydrogen) atoms. The summed E-state index contributed by atoms with van der Waals surface area (Å²) in [6, 6.07) is 22.4. The van der Waals surface area contributed by atoms with Crippen molar-refractivity contribution in [1.82, 2.24) is 5.32 Å². The molecule has 0 aliphatic rings. The molecular formula is C24H25Cl2NO3. The molecule has 0 radical (unpaired) electrons. The van der Waals surface area contributed by atoms with Gasteiger partial charge in [0.25, 0.3) is 0 Å². The highest BCUT2D eigenvalue weighted by molar-refractivity contribution is 6.30. The predicted molar refractivity (Wildman–Crippen MR) is 124 cm³/mol. The number of halogens is 2.